The molecule has 0 spiro atoms. The number of carbonyl (C=O) groups is 1. The summed E-state index contributed by atoms with van der Waals surface area (Å²) in [5.74, 6) is 1.89. The molecule has 0 aliphatic rings. The fourth-order valence-corrected chi connectivity index (χ4v) is 4.06. The highest BCUT2D eigenvalue weighted by Gasteiger charge is 2.17. The van der Waals surface area contributed by atoms with Crippen LogP contribution in [0.5, 0.6) is 0 Å². The Bertz CT molecular complexity index is 1110. The number of pyridine rings is 1. The van der Waals surface area contributed by atoms with Crippen molar-refractivity contribution < 1.29 is 9.21 Å². The number of benzene rings is 1. The summed E-state index contributed by atoms with van der Waals surface area (Å²) < 4.78 is 7.47. The SMILES string of the molecule is CCn1c(SCc2ccccc2C(=O)NCc2ccncc2)nnc1-c1ccco1. The van der Waals surface area contributed by atoms with Gasteiger partial charge in [-0.1, -0.05) is 30.0 Å². The van der Waals surface area contributed by atoms with Crippen LogP contribution in [-0.2, 0) is 18.8 Å². The number of nitrogens with zero attached hydrogens (tertiary/aromatic N) is 4. The second-order valence-corrected chi connectivity index (χ2v) is 7.45. The van der Waals surface area contributed by atoms with E-state index in [9.17, 15) is 4.79 Å². The van der Waals surface area contributed by atoms with E-state index in [1.165, 1.54) is 0 Å². The maximum absolute atomic E-state index is 12.8. The van der Waals surface area contributed by atoms with Crippen LogP contribution < -0.4 is 5.32 Å². The van der Waals surface area contributed by atoms with Gasteiger partial charge in [-0.15, -0.1) is 10.2 Å². The lowest BCUT2D eigenvalue weighted by molar-refractivity contribution is 0.0950. The molecule has 30 heavy (non-hydrogen) atoms. The minimum atomic E-state index is -0.101. The van der Waals surface area contributed by atoms with Crippen LogP contribution in [0.15, 0.2) is 76.8 Å². The lowest BCUT2D eigenvalue weighted by Gasteiger charge is -2.10. The average molecular weight is 420 g/mol. The van der Waals surface area contributed by atoms with Gasteiger partial charge in [-0.25, -0.2) is 0 Å². The summed E-state index contributed by atoms with van der Waals surface area (Å²) in [6.45, 7) is 3.22. The van der Waals surface area contributed by atoms with E-state index >= 15 is 0 Å². The van der Waals surface area contributed by atoms with Crippen molar-refractivity contribution in [2.45, 2.75) is 30.9 Å². The summed E-state index contributed by atoms with van der Waals surface area (Å²) in [4.78, 5) is 16.7. The molecular formula is C22H21N5O2S. The third kappa shape index (κ3) is 4.44. The van der Waals surface area contributed by atoms with Gasteiger partial charge in [0.1, 0.15) is 0 Å². The lowest BCUT2D eigenvalue weighted by atomic mass is 10.1. The van der Waals surface area contributed by atoms with Crippen LogP contribution in [0.1, 0.15) is 28.4 Å². The zero-order chi connectivity index (χ0) is 20.8. The molecule has 0 unspecified atom stereocenters. The molecule has 3 aromatic heterocycles. The highest BCUT2D eigenvalue weighted by molar-refractivity contribution is 7.98. The number of furan rings is 1. The zero-order valence-corrected chi connectivity index (χ0v) is 17.3. The van der Waals surface area contributed by atoms with Crippen molar-refractivity contribution in [3.63, 3.8) is 0 Å². The van der Waals surface area contributed by atoms with E-state index < -0.39 is 0 Å². The molecule has 152 valence electrons. The molecule has 4 rings (SSSR count). The second kappa shape index (κ2) is 9.41. The highest BCUT2D eigenvalue weighted by atomic mass is 32.2. The molecule has 0 radical (unpaired) electrons. The van der Waals surface area contributed by atoms with E-state index in [4.69, 9.17) is 4.42 Å². The summed E-state index contributed by atoms with van der Waals surface area (Å²) in [5.41, 5.74) is 2.61. The van der Waals surface area contributed by atoms with Crippen molar-refractivity contribution in [1.82, 2.24) is 25.1 Å². The quantitative estimate of drug-likeness (QED) is 0.431. The van der Waals surface area contributed by atoms with Crippen LogP contribution in [0.3, 0.4) is 0 Å². The predicted octanol–water partition coefficient (Wildman–Crippen LogP) is 4.18. The largest absolute Gasteiger partial charge is 0.461 e. The van der Waals surface area contributed by atoms with Crippen LogP contribution in [0.25, 0.3) is 11.6 Å². The molecular weight excluding hydrogens is 398 g/mol. The van der Waals surface area contributed by atoms with Crippen molar-refractivity contribution in [2.75, 3.05) is 0 Å². The molecule has 0 fully saturated rings. The van der Waals surface area contributed by atoms with Gasteiger partial charge in [0.15, 0.2) is 16.7 Å². The highest BCUT2D eigenvalue weighted by Crippen LogP contribution is 2.27. The number of carbonyl (C=O) groups excluding carboxylic acids is 1. The molecule has 0 saturated carbocycles. The average Bonchev–Trinajstić information content (AvgIpc) is 3.46. The monoisotopic (exact) mass is 419 g/mol. The first-order valence-electron chi connectivity index (χ1n) is 9.61. The molecule has 0 atom stereocenters. The van der Waals surface area contributed by atoms with Gasteiger partial charge in [0.2, 0.25) is 0 Å². The third-order valence-corrected chi connectivity index (χ3v) is 5.61. The van der Waals surface area contributed by atoms with Gasteiger partial charge < -0.3 is 9.73 Å². The van der Waals surface area contributed by atoms with E-state index in [0.29, 0.717) is 29.4 Å². The maximum atomic E-state index is 12.8. The summed E-state index contributed by atoms with van der Waals surface area (Å²) in [5, 5.41) is 12.4. The first-order valence-corrected chi connectivity index (χ1v) is 10.6. The first kappa shape index (κ1) is 19.9. The molecule has 8 heteroatoms. The van der Waals surface area contributed by atoms with E-state index in [1.54, 1.807) is 30.4 Å². The second-order valence-electron chi connectivity index (χ2n) is 6.51. The summed E-state index contributed by atoms with van der Waals surface area (Å²) in [6, 6.07) is 15.1. The van der Waals surface area contributed by atoms with E-state index in [1.807, 2.05) is 60.0 Å². The Labute approximate surface area is 178 Å². The van der Waals surface area contributed by atoms with E-state index in [2.05, 4.69) is 20.5 Å². The van der Waals surface area contributed by atoms with Gasteiger partial charge in [-0.3, -0.25) is 14.3 Å². The van der Waals surface area contributed by atoms with Crippen LogP contribution in [-0.4, -0.2) is 25.7 Å². The van der Waals surface area contributed by atoms with E-state index in [-0.39, 0.29) is 5.91 Å². The lowest BCUT2D eigenvalue weighted by Crippen LogP contribution is -2.23. The van der Waals surface area contributed by atoms with Crippen LogP contribution >= 0.6 is 11.8 Å². The Morgan fingerprint density at radius 2 is 1.93 bits per heavy atom. The van der Waals surface area contributed by atoms with Gasteiger partial charge in [-0.2, -0.15) is 0 Å². The molecule has 1 amide bonds. The Kier molecular flexibility index (Phi) is 6.24. The van der Waals surface area contributed by atoms with Gasteiger partial charge in [0.25, 0.3) is 5.91 Å². The topological polar surface area (TPSA) is 85.8 Å². The molecule has 3 heterocycles. The van der Waals surface area contributed by atoms with E-state index in [0.717, 1.165) is 22.8 Å². The van der Waals surface area contributed by atoms with Crippen LogP contribution in [0.4, 0.5) is 0 Å². The van der Waals surface area contributed by atoms with Gasteiger partial charge in [-0.05, 0) is 48.4 Å². The third-order valence-electron chi connectivity index (χ3n) is 4.60. The molecule has 0 aliphatic heterocycles. The Hall–Kier alpha value is -3.39. The number of amides is 1. The summed E-state index contributed by atoms with van der Waals surface area (Å²) in [7, 11) is 0. The fraction of sp³-hybridized carbons (Fsp3) is 0.182. The molecule has 0 bridgehead atoms. The first-order chi connectivity index (χ1) is 14.8. The number of hydrogen-bond donors (Lipinski definition) is 1. The molecule has 1 N–H and O–H groups in total. The molecule has 4 aromatic rings. The predicted molar refractivity (Wildman–Crippen MR) is 115 cm³/mol. The Morgan fingerprint density at radius 3 is 2.70 bits per heavy atom. The zero-order valence-electron chi connectivity index (χ0n) is 16.5. The summed E-state index contributed by atoms with van der Waals surface area (Å²) >= 11 is 1.55. The maximum Gasteiger partial charge on any atom is 0.251 e. The normalized spacial score (nSPS) is 10.8. The molecule has 7 nitrogen and oxygen atoms in total. The number of hydrogen-bond acceptors (Lipinski definition) is 6. The van der Waals surface area contributed by atoms with Gasteiger partial charge >= 0.3 is 0 Å². The van der Waals surface area contributed by atoms with Crippen molar-refractivity contribution >= 4 is 17.7 Å². The number of nitrogens with one attached hydrogen (secondary N) is 1. The fourth-order valence-electron chi connectivity index (χ4n) is 3.06. The van der Waals surface area contributed by atoms with Crippen molar-refractivity contribution in [2.24, 2.45) is 0 Å². The van der Waals surface area contributed by atoms with Gasteiger partial charge in [0, 0.05) is 36.8 Å². The molecule has 1 aromatic carbocycles. The number of thioether (sulfide) groups is 1. The minimum absolute atomic E-state index is 0.101. The number of aromatic nitrogens is 4. The van der Waals surface area contributed by atoms with Crippen molar-refractivity contribution in [3.05, 3.63) is 83.9 Å². The van der Waals surface area contributed by atoms with Crippen molar-refractivity contribution in [1.29, 1.82) is 0 Å². The molecule has 0 aliphatic carbocycles. The standard InChI is InChI=1S/C22H21N5O2S/c1-2-27-20(19-8-5-13-29-19)25-26-22(27)30-15-17-6-3-4-7-18(17)21(28)24-14-16-9-11-23-12-10-16/h3-13H,2,14-15H2,1H3,(H,24,28). The Balaban J connectivity index is 1.46. The summed E-state index contributed by atoms with van der Waals surface area (Å²) in [6.07, 6.45) is 5.05. The molecule has 0 saturated heterocycles. The smallest absolute Gasteiger partial charge is 0.251 e. The minimum Gasteiger partial charge on any atom is -0.461 e. The van der Waals surface area contributed by atoms with Crippen LogP contribution in [0.2, 0.25) is 0 Å². The van der Waals surface area contributed by atoms with Crippen molar-refractivity contribution in [3.8, 4) is 11.6 Å². The Morgan fingerprint density at radius 1 is 1.10 bits per heavy atom. The van der Waals surface area contributed by atoms with Gasteiger partial charge in [0.05, 0.1) is 6.26 Å². The van der Waals surface area contributed by atoms with Crippen LogP contribution in [0, 0.1) is 0 Å². The number of rotatable bonds is 8.